The number of carbonyl (C=O) groups excluding carboxylic acids is 1. The van der Waals surface area contributed by atoms with Crippen molar-refractivity contribution in [3.63, 3.8) is 0 Å². The van der Waals surface area contributed by atoms with Crippen molar-refractivity contribution >= 4 is 33.3 Å². The number of nitrogen functional groups attached to an aromatic ring is 1. The van der Waals surface area contributed by atoms with Crippen LogP contribution >= 0.6 is 15.9 Å². The van der Waals surface area contributed by atoms with Crippen molar-refractivity contribution in [3.05, 3.63) is 46.6 Å². The van der Waals surface area contributed by atoms with E-state index in [1.807, 2.05) is 6.07 Å². The summed E-state index contributed by atoms with van der Waals surface area (Å²) >= 11 is 3.35. The first-order valence-electron chi connectivity index (χ1n) is 5.72. The van der Waals surface area contributed by atoms with Crippen LogP contribution in [0.25, 0.3) is 0 Å². The molecule has 7 heteroatoms. The van der Waals surface area contributed by atoms with Crippen LogP contribution in [0, 0.1) is 0 Å². The summed E-state index contributed by atoms with van der Waals surface area (Å²) in [5.41, 5.74) is 3.29. The summed E-state index contributed by atoms with van der Waals surface area (Å²) in [5.74, 6) is 5.87. The molecular formula is C13H13BrN4O2. The molecule has 2 aromatic rings. The average molecular weight is 337 g/mol. The Balaban J connectivity index is 2.30. The molecule has 2 rings (SSSR count). The first-order valence-corrected chi connectivity index (χ1v) is 6.51. The van der Waals surface area contributed by atoms with Crippen molar-refractivity contribution in [2.75, 3.05) is 17.9 Å². The highest BCUT2D eigenvalue weighted by Gasteiger charge is 2.14. The first kappa shape index (κ1) is 14.3. The third kappa shape index (κ3) is 3.06. The fourth-order valence-corrected chi connectivity index (χ4v) is 2.03. The minimum absolute atomic E-state index is 0.305. The predicted molar refractivity (Wildman–Crippen MR) is 80.7 cm³/mol. The Hall–Kier alpha value is -2.12. The maximum Gasteiger partial charge on any atom is 0.259 e. The highest BCUT2D eigenvalue weighted by molar-refractivity contribution is 9.10. The van der Waals surface area contributed by atoms with Gasteiger partial charge in [-0.1, -0.05) is 15.9 Å². The van der Waals surface area contributed by atoms with Crippen molar-refractivity contribution in [3.8, 4) is 5.75 Å². The number of hydrogen-bond donors (Lipinski definition) is 3. The van der Waals surface area contributed by atoms with Gasteiger partial charge < -0.3 is 15.5 Å². The number of hydrazine groups is 1. The number of nitrogens with two attached hydrogens (primary N) is 1. The van der Waals surface area contributed by atoms with E-state index in [0.29, 0.717) is 22.8 Å². The molecule has 1 aromatic carbocycles. The van der Waals surface area contributed by atoms with Crippen molar-refractivity contribution in [1.82, 2.24) is 4.98 Å². The Morgan fingerprint density at radius 1 is 1.40 bits per heavy atom. The molecule has 6 nitrogen and oxygen atoms in total. The van der Waals surface area contributed by atoms with Crippen molar-refractivity contribution in [1.29, 1.82) is 0 Å². The second kappa shape index (κ2) is 6.36. The highest BCUT2D eigenvalue weighted by Crippen LogP contribution is 2.28. The number of methoxy groups -OCH3 is 1. The molecule has 0 saturated carbocycles. The summed E-state index contributed by atoms with van der Waals surface area (Å²) < 4.78 is 6.03. The Morgan fingerprint density at radius 3 is 2.90 bits per heavy atom. The lowest BCUT2D eigenvalue weighted by Crippen LogP contribution is -2.18. The Bertz CT molecular complexity index is 634. The van der Waals surface area contributed by atoms with E-state index in [1.165, 1.54) is 7.11 Å². The summed E-state index contributed by atoms with van der Waals surface area (Å²) in [4.78, 5) is 16.2. The smallest absolute Gasteiger partial charge is 0.259 e. The molecule has 0 spiro atoms. The van der Waals surface area contributed by atoms with Crippen molar-refractivity contribution in [2.45, 2.75) is 0 Å². The van der Waals surface area contributed by atoms with E-state index in [1.54, 1.807) is 30.5 Å². The number of anilines is 2. The number of ether oxygens (including phenoxy) is 1. The maximum atomic E-state index is 12.3. The van der Waals surface area contributed by atoms with E-state index >= 15 is 0 Å². The molecule has 20 heavy (non-hydrogen) atoms. The van der Waals surface area contributed by atoms with Gasteiger partial charge in [0.15, 0.2) is 5.82 Å². The lowest BCUT2D eigenvalue weighted by Gasteiger charge is -2.12. The fourth-order valence-electron chi connectivity index (χ4n) is 1.67. The van der Waals surface area contributed by atoms with Crippen LogP contribution in [0.5, 0.6) is 5.75 Å². The van der Waals surface area contributed by atoms with Gasteiger partial charge in [0.1, 0.15) is 5.75 Å². The van der Waals surface area contributed by atoms with Gasteiger partial charge in [0.2, 0.25) is 0 Å². The predicted octanol–water partition coefficient (Wildman–Crippen LogP) is 2.39. The fraction of sp³-hybridized carbons (Fsp3) is 0.0769. The third-order valence-corrected chi connectivity index (χ3v) is 3.09. The van der Waals surface area contributed by atoms with Crippen LogP contribution in [0.4, 0.5) is 11.5 Å². The van der Waals surface area contributed by atoms with Gasteiger partial charge in [-0.05, 0) is 30.3 Å². The molecular weight excluding hydrogens is 324 g/mol. The van der Waals surface area contributed by atoms with E-state index in [2.05, 4.69) is 31.7 Å². The molecule has 0 atom stereocenters. The number of nitrogens with zero attached hydrogens (tertiary/aromatic N) is 1. The van der Waals surface area contributed by atoms with Crippen LogP contribution in [0.3, 0.4) is 0 Å². The van der Waals surface area contributed by atoms with Gasteiger partial charge in [-0.25, -0.2) is 10.8 Å². The van der Waals surface area contributed by atoms with Crippen molar-refractivity contribution in [2.24, 2.45) is 5.84 Å². The molecule has 1 amide bonds. The van der Waals surface area contributed by atoms with Crippen LogP contribution in [-0.2, 0) is 0 Å². The van der Waals surface area contributed by atoms with E-state index in [9.17, 15) is 4.79 Å². The molecule has 0 unspecified atom stereocenters. The minimum atomic E-state index is -0.331. The molecule has 0 bridgehead atoms. The van der Waals surface area contributed by atoms with Crippen LogP contribution in [0.2, 0.25) is 0 Å². The number of pyridine rings is 1. The number of rotatable bonds is 4. The summed E-state index contributed by atoms with van der Waals surface area (Å²) in [6.45, 7) is 0. The lowest BCUT2D eigenvalue weighted by atomic mass is 10.2. The molecule has 0 saturated heterocycles. The molecule has 0 radical (unpaired) electrons. The van der Waals surface area contributed by atoms with Gasteiger partial charge in [0, 0.05) is 10.7 Å². The number of carbonyl (C=O) groups is 1. The third-order valence-electron chi connectivity index (χ3n) is 2.60. The zero-order chi connectivity index (χ0) is 14.5. The molecule has 104 valence electrons. The molecule has 0 aliphatic heterocycles. The molecule has 4 N–H and O–H groups in total. The van der Waals surface area contributed by atoms with Crippen LogP contribution in [0.15, 0.2) is 41.0 Å². The summed E-state index contributed by atoms with van der Waals surface area (Å²) in [6.07, 6.45) is 1.55. The molecule has 0 fully saturated rings. The average Bonchev–Trinajstić information content (AvgIpc) is 2.47. The van der Waals surface area contributed by atoms with Crippen LogP contribution in [-0.4, -0.2) is 18.0 Å². The number of hydrogen-bond acceptors (Lipinski definition) is 5. The standard InChI is InChI=1S/C13H13BrN4O2/c1-20-11-5-4-8(14)7-10(11)17-13(19)9-3-2-6-16-12(9)18-15/h2-7H,15H2,1H3,(H,16,18)(H,17,19). The van der Waals surface area contributed by atoms with E-state index in [4.69, 9.17) is 10.6 Å². The van der Waals surface area contributed by atoms with Gasteiger partial charge >= 0.3 is 0 Å². The highest BCUT2D eigenvalue weighted by atomic mass is 79.9. The zero-order valence-electron chi connectivity index (χ0n) is 10.7. The summed E-state index contributed by atoms with van der Waals surface area (Å²) in [6, 6.07) is 8.62. The molecule has 0 aliphatic carbocycles. The van der Waals surface area contributed by atoms with Gasteiger partial charge in [0.25, 0.3) is 5.91 Å². The van der Waals surface area contributed by atoms with Crippen molar-refractivity contribution < 1.29 is 9.53 Å². The van der Waals surface area contributed by atoms with Gasteiger partial charge in [-0.2, -0.15) is 0 Å². The van der Waals surface area contributed by atoms with E-state index < -0.39 is 0 Å². The lowest BCUT2D eigenvalue weighted by molar-refractivity contribution is 0.102. The molecule has 1 heterocycles. The second-order valence-electron chi connectivity index (χ2n) is 3.84. The van der Waals surface area contributed by atoms with Crippen LogP contribution < -0.4 is 21.3 Å². The van der Waals surface area contributed by atoms with Gasteiger partial charge in [-0.15, -0.1) is 0 Å². The van der Waals surface area contributed by atoms with Crippen LogP contribution in [0.1, 0.15) is 10.4 Å². The quantitative estimate of drug-likeness (QED) is 0.589. The topological polar surface area (TPSA) is 89.3 Å². The zero-order valence-corrected chi connectivity index (χ0v) is 12.3. The molecule has 0 aliphatic rings. The SMILES string of the molecule is COc1ccc(Br)cc1NC(=O)c1cccnc1NN. The van der Waals surface area contributed by atoms with Gasteiger partial charge in [0.05, 0.1) is 18.4 Å². The number of halogens is 1. The first-order chi connectivity index (χ1) is 9.65. The number of nitrogens with one attached hydrogen (secondary N) is 2. The summed E-state index contributed by atoms with van der Waals surface area (Å²) in [7, 11) is 1.54. The van der Waals surface area contributed by atoms with E-state index in [0.717, 1.165) is 4.47 Å². The Labute approximate surface area is 124 Å². The Kier molecular flexibility index (Phi) is 4.54. The maximum absolute atomic E-state index is 12.3. The second-order valence-corrected chi connectivity index (χ2v) is 4.76. The monoisotopic (exact) mass is 336 g/mol. The Morgan fingerprint density at radius 2 is 2.20 bits per heavy atom. The number of aromatic nitrogens is 1. The number of benzene rings is 1. The van der Waals surface area contributed by atoms with E-state index in [-0.39, 0.29) is 5.91 Å². The largest absolute Gasteiger partial charge is 0.495 e. The normalized spacial score (nSPS) is 9.95. The molecule has 1 aromatic heterocycles. The van der Waals surface area contributed by atoms with Gasteiger partial charge in [-0.3, -0.25) is 4.79 Å². The summed E-state index contributed by atoms with van der Waals surface area (Å²) in [5, 5.41) is 2.76. The number of amides is 1. The minimum Gasteiger partial charge on any atom is -0.495 e.